The summed E-state index contributed by atoms with van der Waals surface area (Å²) in [5.41, 5.74) is 2.07. The topological polar surface area (TPSA) is 97.0 Å². The van der Waals surface area contributed by atoms with E-state index < -0.39 is 18.1 Å². The number of hydrogen-bond acceptors (Lipinski definition) is 6. The van der Waals surface area contributed by atoms with Gasteiger partial charge < -0.3 is 29.8 Å². The van der Waals surface area contributed by atoms with Gasteiger partial charge in [0.25, 0.3) is 0 Å². The Bertz CT molecular complexity index is 1050. The van der Waals surface area contributed by atoms with Crippen LogP contribution < -0.4 is 20.1 Å². The van der Waals surface area contributed by atoms with E-state index in [-0.39, 0.29) is 11.8 Å². The van der Waals surface area contributed by atoms with E-state index in [0.717, 1.165) is 24.0 Å². The molecular weight excluding hydrogens is 470 g/mol. The van der Waals surface area contributed by atoms with Crippen molar-refractivity contribution in [1.82, 2.24) is 15.5 Å². The van der Waals surface area contributed by atoms with E-state index in [1.54, 1.807) is 18.9 Å². The Labute approximate surface area is 219 Å². The van der Waals surface area contributed by atoms with Crippen molar-refractivity contribution in [2.45, 2.75) is 51.2 Å². The van der Waals surface area contributed by atoms with Crippen molar-refractivity contribution in [3.63, 3.8) is 0 Å². The number of aldehydes is 1. The van der Waals surface area contributed by atoms with Gasteiger partial charge >= 0.3 is 0 Å². The Morgan fingerprint density at radius 1 is 1.03 bits per heavy atom. The number of nitrogens with one attached hydrogen (secondary N) is 2. The lowest BCUT2D eigenvalue weighted by Crippen LogP contribution is -2.54. The van der Waals surface area contributed by atoms with Gasteiger partial charge in [0.15, 0.2) is 0 Å². The Morgan fingerprint density at radius 3 is 2.19 bits per heavy atom. The smallest absolute Gasteiger partial charge is 0.246 e. The first-order chi connectivity index (χ1) is 17.9. The molecule has 1 fully saturated rings. The molecule has 0 aromatic heterocycles. The molecule has 0 radical (unpaired) electrons. The second-order valence-corrected chi connectivity index (χ2v) is 9.20. The van der Waals surface area contributed by atoms with Gasteiger partial charge in [0.1, 0.15) is 37.0 Å². The van der Waals surface area contributed by atoms with Crippen LogP contribution in [-0.4, -0.2) is 67.9 Å². The van der Waals surface area contributed by atoms with Gasteiger partial charge in [0, 0.05) is 13.0 Å². The average Bonchev–Trinajstić information content (AvgIpc) is 3.40. The maximum Gasteiger partial charge on any atom is 0.246 e. The van der Waals surface area contributed by atoms with Gasteiger partial charge in [-0.3, -0.25) is 9.59 Å². The molecule has 0 spiro atoms. The molecule has 8 heteroatoms. The van der Waals surface area contributed by atoms with E-state index in [1.807, 2.05) is 67.6 Å². The van der Waals surface area contributed by atoms with Crippen molar-refractivity contribution in [2.24, 2.45) is 0 Å². The predicted octanol–water partition coefficient (Wildman–Crippen LogP) is 2.83. The second kappa shape index (κ2) is 14.2. The van der Waals surface area contributed by atoms with Crippen LogP contribution in [0.15, 0.2) is 60.7 Å². The first-order valence-electron chi connectivity index (χ1n) is 12.7. The summed E-state index contributed by atoms with van der Waals surface area (Å²) in [5, 5.41) is 5.75. The highest BCUT2D eigenvalue weighted by atomic mass is 16.5. The Kier molecular flexibility index (Phi) is 10.7. The number of amides is 2. The number of rotatable bonds is 13. The van der Waals surface area contributed by atoms with E-state index >= 15 is 0 Å². The van der Waals surface area contributed by atoms with E-state index in [9.17, 15) is 14.4 Å². The predicted molar refractivity (Wildman–Crippen MR) is 143 cm³/mol. The molecule has 1 saturated heterocycles. The molecule has 0 aliphatic carbocycles. The second-order valence-electron chi connectivity index (χ2n) is 9.20. The number of likely N-dealkylation sites (tertiary alicyclic amines) is 1. The number of benzene rings is 2. The van der Waals surface area contributed by atoms with Crippen molar-refractivity contribution in [1.29, 1.82) is 0 Å². The third-order valence-electron chi connectivity index (χ3n) is 6.42. The summed E-state index contributed by atoms with van der Waals surface area (Å²) >= 11 is 0. The fraction of sp³-hybridized carbons (Fsp3) is 0.414. The standard InChI is InChI=1S/C29H37N3O5/c1-21-8-12-25(13-9-21)36-17-4-5-18-37-26-14-10-23(11-15-26)19-27(31-28(34)22(2)30-3)29(35)32-16-6-7-24(32)20-33/h4-5,8-15,20,22,24,27,30H,6-7,16-19H2,1-3H3,(H,31,34)/b5-4+. The van der Waals surface area contributed by atoms with Gasteiger partial charge in [-0.15, -0.1) is 0 Å². The van der Waals surface area contributed by atoms with Gasteiger partial charge in [0.2, 0.25) is 11.8 Å². The number of aryl methyl sites for hydroxylation is 1. The fourth-order valence-electron chi connectivity index (χ4n) is 4.05. The third kappa shape index (κ3) is 8.46. The first-order valence-corrected chi connectivity index (χ1v) is 12.7. The lowest BCUT2D eigenvalue weighted by atomic mass is 10.0. The lowest BCUT2D eigenvalue weighted by Gasteiger charge is -2.27. The summed E-state index contributed by atoms with van der Waals surface area (Å²) in [6, 6.07) is 13.7. The van der Waals surface area contributed by atoms with Crippen LogP contribution in [0.5, 0.6) is 11.5 Å². The fourth-order valence-corrected chi connectivity index (χ4v) is 4.05. The maximum atomic E-state index is 13.3. The van der Waals surface area contributed by atoms with Crippen LogP contribution in [0.2, 0.25) is 0 Å². The van der Waals surface area contributed by atoms with Crippen LogP contribution in [0.25, 0.3) is 0 Å². The molecule has 2 aromatic carbocycles. The number of ether oxygens (including phenoxy) is 2. The Balaban J connectivity index is 1.53. The number of carbonyl (C=O) groups excluding carboxylic acids is 3. The molecule has 3 atom stereocenters. The molecule has 0 saturated carbocycles. The molecule has 2 N–H and O–H groups in total. The van der Waals surface area contributed by atoms with Gasteiger partial charge in [-0.05, 0) is 75.7 Å². The zero-order valence-electron chi connectivity index (χ0n) is 21.8. The monoisotopic (exact) mass is 507 g/mol. The SMILES string of the molecule is CNC(C)C(=O)NC(Cc1ccc(OC/C=C/COc2ccc(C)cc2)cc1)C(=O)N1CCCC1C=O. The van der Waals surface area contributed by atoms with E-state index in [4.69, 9.17) is 9.47 Å². The maximum absolute atomic E-state index is 13.3. The van der Waals surface area contributed by atoms with E-state index in [0.29, 0.717) is 38.3 Å². The summed E-state index contributed by atoms with van der Waals surface area (Å²) in [6.07, 6.45) is 6.37. The summed E-state index contributed by atoms with van der Waals surface area (Å²) in [5.74, 6) is 1.03. The molecule has 2 amide bonds. The van der Waals surface area contributed by atoms with Crippen molar-refractivity contribution < 1.29 is 23.9 Å². The molecule has 2 aromatic rings. The summed E-state index contributed by atoms with van der Waals surface area (Å²) < 4.78 is 11.4. The van der Waals surface area contributed by atoms with Crippen LogP contribution in [0, 0.1) is 6.92 Å². The minimum atomic E-state index is -0.757. The minimum Gasteiger partial charge on any atom is -0.490 e. The molecule has 1 aliphatic heterocycles. The molecular formula is C29H37N3O5. The normalized spacial score (nSPS) is 16.8. The zero-order valence-corrected chi connectivity index (χ0v) is 21.8. The summed E-state index contributed by atoms with van der Waals surface area (Å²) in [7, 11) is 1.69. The molecule has 0 bridgehead atoms. The van der Waals surface area contributed by atoms with Crippen LogP contribution >= 0.6 is 0 Å². The molecule has 1 heterocycles. The van der Waals surface area contributed by atoms with E-state index in [1.165, 1.54) is 5.56 Å². The molecule has 3 rings (SSSR count). The van der Waals surface area contributed by atoms with Crippen LogP contribution in [0.4, 0.5) is 0 Å². The van der Waals surface area contributed by atoms with Crippen LogP contribution in [-0.2, 0) is 20.8 Å². The van der Waals surface area contributed by atoms with Crippen molar-refractivity contribution in [3.05, 3.63) is 71.8 Å². The quantitative estimate of drug-likeness (QED) is 0.320. The molecule has 8 nitrogen and oxygen atoms in total. The molecule has 1 aliphatic rings. The number of nitrogens with zero attached hydrogens (tertiary/aromatic N) is 1. The van der Waals surface area contributed by atoms with Crippen molar-refractivity contribution in [3.8, 4) is 11.5 Å². The minimum absolute atomic E-state index is 0.232. The summed E-state index contributed by atoms with van der Waals surface area (Å²) in [6.45, 7) is 5.15. The Morgan fingerprint density at radius 2 is 1.62 bits per heavy atom. The van der Waals surface area contributed by atoms with Gasteiger partial charge in [0.05, 0.1) is 12.1 Å². The van der Waals surface area contributed by atoms with Gasteiger partial charge in [-0.2, -0.15) is 0 Å². The summed E-state index contributed by atoms with van der Waals surface area (Å²) in [4.78, 5) is 38.8. The highest BCUT2D eigenvalue weighted by molar-refractivity contribution is 5.91. The number of carbonyl (C=O) groups is 3. The average molecular weight is 508 g/mol. The molecule has 198 valence electrons. The molecule has 37 heavy (non-hydrogen) atoms. The highest BCUT2D eigenvalue weighted by Crippen LogP contribution is 2.19. The van der Waals surface area contributed by atoms with Crippen molar-refractivity contribution in [2.75, 3.05) is 26.8 Å². The van der Waals surface area contributed by atoms with Gasteiger partial charge in [-0.1, -0.05) is 29.8 Å². The van der Waals surface area contributed by atoms with Crippen molar-refractivity contribution >= 4 is 18.1 Å². The zero-order chi connectivity index (χ0) is 26.6. The largest absolute Gasteiger partial charge is 0.490 e. The third-order valence-corrected chi connectivity index (χ3v) is 6.42. The number of hydrogen-bond donors (Lipinski definition) is 2. The van der Waals surface area contributed by atoms with E-state index in [2.05, 4.69) is 10.6 Å². The van der Waals surface area contributed by atoms with Crippen LogP contribution in [0.3, 0.4) is 0 Å². The lowest BCUT2D eigenvalue weighted by molar-refractivity contribution is -0.138. The highest BCUT2D eigenvalue weighted by Gasteiger charge is 2.34. The first kappa shape index (κ1) is 27.9. The van der Waals surface area contributed by atoms with Gasteiger partial charge in [-0.25, -0.2) is 0 Å². The van der Waals surface area contributed by atoms with Crippen LogP contribution in [0.1, 0.15) is 30.9 Å². The number of likely N-dealkylation sites (N-methyl/N-ethyl adjacent to an activating group) is 1. The molecule has 3 unspecified atom stereocenters. The Hall–Kier alpha value is -3.65.